The molecule has 1 unspecified atom stereocenters. The smallest absolute Gasteiger partial charge is 0.326 e. The molecule has 0 aromatic carbocycles. The average Bonchev–Trinajstić information content (AvgIpc) is 2.76. The molecule has 0 spiro atoms. The highest BCUT2D eigenvalue weighted by atomic mass is 16.5. The minimum absolute atomic E-state index is 0.200. The highest BCUT2D eigenvalue weighted by molar-refractivity contribution is 5.81. The Morgan fingerprint density at radius 3 is 2.88 bits per heavy atom. The van der Waals surface area contributed by atoms with Gasteiger partial charge in [0.1, 0.15) is 18.0 Å². The number of urea groups is 1. The number of carboxylic acid groups (broad SMARTS) is 1. The Kier molecular flexibility index (Phi) is 3.87. The lowest BCUT2D eigenvalue weighted by Crippen LogP contribution is -2.45. The quantitative estimate of drug-likeness (QED) is 0.770. The van der Waals surface area contributed by atoms with Gasteiger partial charge in [0, 0.05) is 13.1 Å². The first-order valence-electron chi connectivity index (χ1n) is 4.65. The van der Waals surface area contributed by atoms with Crippen molar-refractivity contribution in [3.8, 4) is 0 Å². The summed E-state index contributed by atoms with van der Waals surface area (Å²) < 4.78 is 4.58. The molecule has 16 heavy (non-hydrogen) atoms. The Hall–Kier alpha value is -2.05. The summed E-state index contributed by atoms with van der Waals surface area (Å²) in [6, 6.07) is 0.260. The van der Waals surface area contributed by atoms with Crippen molar-refractivity contribution in [3.05, 3.63) is 18.0 Å². The van der Waals surface area contributed by atoms with Crippen LogP contribution in [0, 0.1) is 0 Å². The molecule has 0 fully saturated rings. The van der Waals surface area contributed by atoms with Crippen LogP contribution < -0.4 is 5.32 Å². The maximum absolute atomic E-state index is 11.5. The fourth-order valence-corrected chi connectivity index (χ4v) is 0.961. The summed E-state index contributed by atoms with van der Waals surface area (Å²) >= 11 is 0. The maximum Gasteiger partial charge on any atom is 0.326 e. The molecule has 1 heterocycles. The highest BCUT2D eigenvalue weighted by Crippen LogP contribution is 1.98. The molecule has 0 saturated carbocycles. The van der Waals surface area contributed by atoms with Gasteiger partial charge in [-0.15, -0.1) is 0 Å². The van der Waals surface area contributed by atoms with Gasteiger partial charge in [0.15, 0.2) is 0 Å². The van der Waals surface area contributed by atoms with Crippen LogP contribution in [0.3, 0.4) is 0 Å². The van der Waals surface area contributed by atoms with E-state index < -0.39 is 18.0 Å². The third kappa shape index (κ3) is 2.97. The van der Waals surface area contributed by atoms with E-state index in [0.717, 1.165) is 4.90 Å². The summed E-state index contributed by atoms with van der Waals surface area (Å²) in [5.74, 6) is -1.06. The molecule has 1 aromatic heterocycles. The molecule has 1 rings (SSSR count). The lowest BCUT2D eigenvalue weighted by Gasteiger charge is -2.21. The Morgan fingerprint density at radius 1 is 1.69 bits per heavy atom. The number of hydrogen-bond acceptors (Lipinski definition) is 4. The van der Waals surface area contributed by atoms with Crippen LogP contribution in [0.1, 0.15) is 12.6 Å². The Labute approximate surface area is 92.0 Å². The van der Waals surface area contributed by atoms with Crippen molar-refractivity contribution in [2.75, 3.05) is 7.05 Å². The van der Waals surface area contributed by atoms with Gasteiger partial charge in [-0.2, -0.15) is 0 Å². The van der Waals surface area contributed by atoms with Gasteiger partial charge in [0.05, 0.1) is 6.54 Å². The van der Waals surface area contributed by atoms with Crippen LogP contribution in [0.2, 0.25) is 0 Å². The molecule has 0 aliphatic carbocycles. The normalized spacial score (nSPS) is 11.9. The predicted octanol–water partition coefficient (Wildman–Crippen LogP) is 0.289. The van der Waals surface area contributed by atoms with Crippen LogP contribution >= 0.6 is 0 Å². The van der Waals surface area contributed by atoms with E-state index in [2.05, 4.69) is 15.0 Å². The number of aliphatic carboxylic acids is 1. The minimum atomic E-state index is -1.06. The van der Waals surface area contributed by atoms with Crippen LogP contribution in [-0.4, -0.2) is 40.3 Å². The fourth-order valence-electron chi connectivity index (χ4n) is 0.961. The first-order valence-corrected chi connectivity index (χ1v) is 4.65. The molecule has 0 saturated heterocycles. The number of rotatable bonds is 4. The first kappa shape index (κ1) is 12.0. The number of carbonyl (C=O) groups excluding carboxylic acids is 1. The number of hydrogen-bond donors (Lipinski definition) is 2. The number of nitrogens with one attached hydrogen (secondary N) is 1. The number of carbonyl (C=O) groups is 2. The van der Waals surface area contributed by atoms with Gasteiger partial charge in [0.2, 0.25) is 0 Å². The summed E-state index contributed by atoms with van der Waals surface area (Å²) in [7, 11) is 1.41. The second kappa shape index (κ2) is 5.15. The second-order valence-corrected chi connectivity index (χ2v) is 3.27. The monoisotopic (exact) mass is 227 g/mol. The maximum atomic E-state index is 11.5. The molecule has 1 aromatic rings. The highest BCUT2D eigenvalue weighted by Gasteiger charge is 2.21. The van der Waals surface area contributed by atoms with E-state index in [9.17, 15) is 9.59 Å². The van der Waals surface area contributed by atoms with Crippen molar-refractivity contribution in [1.29, 1.82) is 0 Å². The molecule has 7 heteroatoms. The Balaban J connectivity index is 2.43. The van der Waals surface area contributed by atoms with Crippen LogP contribution in [0.15, 0.2) is 16.9 Å². The molecule has 0 aliphatic rings. The van der Waals surface area contributed by atoms with Gasteiger partial charge in [0.25, 0.3) is 0 Å². The SMILES string of the molecule is CC(C(=O)O)N(C)C(=O)NCc1ccon1. The van der Waals surface area contributed by atoms with Gasteiger partial charge in [-0.3, -0.25) is 0 Å². The standard InChI is InChI=1S/C9H13N3O4/c1-6(8(13)14)12(2)9(15)10-5-7-3-4-16-11-7/h3-4,6H,5H2,1-2H3,(H,10,15)(H,13,14). The molecule has 0 bridgehead atoms. The third-order valence-corrected chi connectivity index (χ3v) is 2.17. The zero-order chi connectivity index (χ0) is 12.1. The molecule has 2 N–H and O–H groups in total. The van der Waals surface area contributed by atoms with Crippen LogP contribution in [0.4, 0.5) is 4.79 Å². The lowest BCUT2D eigenvalue weighted by atomic mass is 10.3. The Bertz CT molecular complexity index is 363. The minimum Gasteiger partial charge on any atom is -0.480 e. The summed E-state index contributed by atoms with van der Waals surface area (Å²) in [6.45, 7) is 1.63. The van der Waals surface area contributed by atoms with Gasteiger partial charge < -0.3 is 19.8 Å². The van der Waals surface area contributed by atoms with Crippen LogP contribution in [0.5, 0.6) is 0 Å². The summed E-state index contributed by atoms with van der Waals surface area (Å²) in [5.41, 5.74) is 0.574. The van der Waals surface area contributed by atoms with E-state index in [0.29, 0.717) is 5.69 Å². The summed E-state index contributed by atoms with van der Waals surface area (Å²) in [5, 5.41) is 14.8. The van der Waals surface area contributed by atoms with Gasteiger partial charge in [-0.1, -0.05) is 5.16 Å². The molecule has 7 nitrogen and oxygen atoms in total. The van der Waals surface area contributed by atoms with Crippen LogP contribution in [-0.2, 0) is 11.3 Å². The second-order valence-electron chi connectivity index (χ2n) is 3.27. The zero-order valence-electron chi connectivity index (χ0n) is 9.01. The van der Waals surface area contributed by atoms with Crippen molar-refractivity contribution in [3.63, 3.8) is 0 Å². The zero-order valence-corrected chi connectivity index (χ0v) is 9.01. The summed E-state index contributed by atoms with van der Waals surface area (Å²) in [4.78, 5) is 23.2. The van der Waals surface area contributed by atoms with Gasteiger partial charge in [-0.05, 0) is 6.92 Å². The van der Waals surface area contributed by atoms with E-state index in [4.69, 9.17) is 5.11 Å². The topological polar surface area (TPSA) is 95.7 Å². The molecular formula is C9H13N3O4. The van der Waals surface area contributed by atoms with E-state index in [1.807, 2.05) is 0 Å². The lowest BCUT2D eigenvalue weighted by molar-refractivity contribution is -0.141. The first-order chi connectivity index (χ1) is 7.52. The van der Waals surface area contributed by atoms with E-state index in [1.54, 1.807) is 6.07 Å². The Morgan fingerprint density at radius 2 is 2.38 bits per heavy atom. The van der Waals surface area contributed by atoms with Gasteiger partial charge in [-0.25, -0.2) is 9.59 Å². The van der Waals surface area contributed by atoms with Gasteiger partial charge >= 0.3 is 12.0 Å². The number of aromatic nitrogens is 1. The van der Waals surface area contributed by atoms with Crippen molar-refractivity contribution >= 4 is 12.0 Å². The summed E-state index contributed by atoms with van der Waals surface area (Å²) in [6.07, 6.45) is 1.39. The molecule has 88 valence electrons. The van der Waals surface area contributed by atoms with Crippen molar-refractivity contribution < 1.29 is 19.2 Å². The number of carboxylic acids is 1. The van der Waals surface area contributed by atoms with Crippen molar-refractivity contribution in [2.45, 2.75) is 19.5 Å². The van der Waals surface area contributed by atoms with Crippen molar-refractivity contribution in [1.82, 2.24) is 15.4 Å². The third-order valence-electron chi connectivity index (χ3n) is 2.17. The predicted molar refractivity (Wildman–Crippen MR) is 53.6 cm³/mol. The largest absolute Gasteiger partial charge is 0.480 e. The number of likely N-dealkylation sites (N-methyl/N-ethyl adjacent to an activating group) is 1. The van der Waals surface area contributed by atoms with E-state index in [1.165, 1.54) is 20.2 Å². The molecular weight excluding hydrogens is 214 g/mol. The fraction of sp³-hybridized carbons (Fsp3) is 0.444. The van der Waals surface area contributed by atoms with E-state index in [-0.39, 0.29) is 6.54 Å². The average molecular weight is 227 g/mol. The molecule has 2 amide bonds. The number of amides is 2. The van der Waals surface area contributed by atoms with E-state index >= 15 is 0 Å². The molecule has 0 radical (unpaired) electrons. The van der Waals surface area contributed by atoms with Crippen molar-refractivity contribution in [2.24, 2.45) is 0 Å². The molecule has 1 atom stereocenters. The van der Waals surface area contributed by atoms with Crippen LogP contribution in [0.25, 0.3) is 0 Å². The molecule has 0 aliphatic heterocycles. The number of nitrogens with zero attached hydrogens (tertiary/aromatic N) is 2.